The largest absolute Gasteiger partial charge is 0.340 e. The lowest BCUT2D eigenvalue weighted by Crippen LogP contribution is -2.55. The molecular formula is C31H42N6O2. The van der Waals surface area contributed by atoms with E-state index in [1.807, 2.05) is 43.5 Å². The number of rotatable bonds is 10. The Bertz CT molecular complexity index is 1180. The molecule has 0 bridgehead atoms. The molecule has 1 aliphatic heterocycles. The van der Waals surface area contributed by atoms with E-state index in [0.717, 1.165) is 42.0 Å². The van der Waals surface area contributed by atoms with Gasteiger partial charge in [-0.15, -0.1) is 0 Å². The highest BCUT2D eigenvalue weighted by molar-refractivity contribution is 6.04. The van der Waals surface area contributed by atoms with Gasteiger partial charge in [0.15, 0.2) is 5.82 Å². The summed E-state index contributed by atoms with van der Waals surface area (Å²) in [5.74, 6) is 2.19. The molecule has 1 amide bonds. The molecule has 8 nitrogen and oxygen atoms in total. The molecule has 2 heterocycles. The van der Waals surface area contributed by atoms with Crippen molar-refractivity contribution in [1.82, 2.24) is 9.97 Å². The lowest BCUT2D eigenvalue weighted by Gasteiger charge is -2.43. The maximum absolute atomic E-state index is 13.1. The molecule has 1 aromatic heterocycles. The van der Waals surface area contributed by atoms with Crippen molar-refractivity contribution < 1.29 is 9.59 Å². The molecule has 2 atom stereocenters. The van der Waals surface area contributed by atoms with Crippen molar-refractivity contribution in [3.05, 3.63) is 42.1 Å². The SMILES string of the molecule is CC[C@@H]1C(=O)N(C)c2cnc(Nc3ccc(/C=C/C[C@H](N)C(=O)CC4CCCC4)cc3)nc2N1C1CCCC1. The maximum Gasteiger partial charge on any atom is 0.249 e. The second-order valence-corrected chi connectivity index (χ2v) is 11.4. The van der Waals surface area contributed by atoms with Gasteiger partial charge in [-0.3, -0.25) is 9.59 Å². The number of anilines is 4. The molecule has 3 aliphatic rings. The fourth-order valence-electron chi connectivity index (χ4n) is 6.38. The molecule has 0 radical (unpaired) electrons. The van der Waals surface area contributed by atoms with E-state index in [-0.39, 0.29) is 17.7 Å². The van der Waals surface area contributed by atoms with Gasteiger partial charge in [-0.25, -0.2) is 4.98 Å². The summed E-state index contributed by atoms with van der Waals surface area (Å²) in [5, 5.41) is 3.33. The summed E-state index contributed by atoms with van der Waals surface area (Å²) in [4.78, 5) is 38.9. The predicted octanol–water partition coefficient (Wildman–Crippen LogP) is 5.60. The lowest BCUT2D eigenvalue weighted by molar-refractivity contribution is -0.121. The monoisotopic (exact) mass is 530 g/mol. The first kappa shape index (κ1) is 27.3. The molecule has 2 aliphatic carbocycles. The first-order valence-corrected chi connectivity index (χ1v) is 14.7. The molecule has 0 unspecified atom stereocenters. The predicted molar refractivity (Wildman–Crippen MR) is 157 cm³/mol. The van der Waals surface area contributed by atoms with Crippen molar-refractivity contribution in [2.75, 3.05) is 22.2 Å². The van der Waals surface area contributed by atoms with E-state index >= 15 is 0 Å². The summed E-state index contributed by atoms with van der Waals surface area (Å²) in [6.45, 7) is 2.07. The topological polar surface area (TPSA) is 104 Å². The third kappa shape index (κ3) is 6.16. The van der Waals surface area contributed by atoms with Crippen molar-refractivity contribution in [1.29, 1.82) is 0 Å². The Kier molecular flexibility index (Phi) is 8.60. The van der Waals surface area contributed by atoms with Crippen LogP contribution in [0.15, 0.2) is 36.5 Å². The van der Waals surface area contributed by atoms with Crippen molar-refractivity contribution in [3.8, 4) is 0 Å². The van der Waals surface area contributed by atoms with E-state index in [1.165, 1.54) is 38.5 Å². The third-order valence-electron chi connectivity index (χ3n) is 8.66. The number of carbonyl (C=O) groups excluding carboxylic acids is 2. The minimum atomic E-state index is -0.422. The number of nitrogens with two attached hydrogens (primary N) is 1. The molecule has 3 N–H and O–H groups in total. The van der Waals surface area contributed by atoms with E-state index in [1.54, 1.807) is 11.1 Å². The minimum Gasteiger partial charge on any atom is -0.340 e. The van der Waals surface area contributed by atoms with Gasteiger partial charge in [-0.05, 0) is 49.3 Å². The van der Waals surface area contributed by atoms with Crippen LogP contribution in [0.4, 0.5) is 23.1 Å². The first-order valence-electron chi connectivity index (χ1n) is 14.7. The van der Waals surface area contributed by atoms with Crippen molar-refractivity contribution >= 4 is 40.9 Å². The Labute approximate surface area is 232 Å². The third-order valence-corrected chi connectivity index (χ3v) is 8.66. The Hall–Kier alpha value is -3.26. The van der Waals surface area contributed by atoms with Crippen molar-refractivity contribution in [3.63, 3.8) is 0 Å². The van der Waals surface area contributed by atoms with Crippen LogP contribution < -0.4 is 20.9 Å². The molecule has 208 valence electrons. The summed E-state index contributed by atoms with van der Waals surface area (Å²) < 4.78 is 0. The number of nitrogens with zero attached hydrogens (tertiary/aromatic N) is 4. The number of Topliss-reactive ketones (excluding diaryl/α,β-unsaturated/α-hetero) is 1. The highest BCUT2D eigenvalue weighted by Gasteiger charge is 2.41. The van der Waals surface area contributed by atoms with Crippen LogP contribution in [0, 0.1) is 5.92 Å². The van der Waals surface area contributed by atoms with Gasteiger partial charge >= 0.3 is 0 Å². The molecule has 0 saturated heterocycles. The Morgan fingerprint density at radius 3 is 2.51 bits per heavy atom. The number of benzene rings is 1. The fourth-order valence-corrected chi connectivity index (χ4v) is 6.38. The number of carbonyl (C=O) groups is 2. The highest BCUT2D eigenvalue weighted by atomic mass is 16.2. The summed E-state index contributed by atoms with van der Waals surface area (Å²) in [6, 6.07) is 7.76. The maximum atomic E-state index is 13.1. The van der Waals surface area contributed by atoms with Gasteiger partial charge in [-0.1, -0.05) is 69.7 Å². The fraction of sp³-hybridized carbons (Fsp3) is 0.548. The van der Waals surface area contributed by atoms with E-state index < -0.39 is 6.04 Å². The number of hydrogen-bond acceptors (Lipinski definition) is 7. The molecule has 39 heavy (non-hydrogen) atoms. The Morgan fingerprint density at radius 2 is 1.82 bits per heavy atom. The minimum absolute atomic E-state index is 0.115. The molecular weight excluding hydrogens is 488 g/mol. The summed E-state index contributed by atoms with van der Waals surface area (Å²) >= 11 is 0. The van der Waals surface area contributed by atoms with Crippen molar-refractivity contribution in [2.45, 2.75) is 95.7 Å². The second-order valence-electron chi connectivity index (χ2n) is 11.4. The summed E-state index contributed by atoms with van der Waals surface area (Å²) in [6.07, 6.45) is 17.1. The summed E-state index contributed by atoms with van der Waals surface area (Å²) in [7, 11) is 1.82. The van der Waals surface area contributed by atoms with Crippen molar-refractivity contribution in [2.24, 2.45) is 11.7 Å². The van der Waals surface area contributed by atoms with Crippen LogP contribution in [0.5, 0.6) is 0 Å². The summed E-state index contributed by atoms with van der Waals surface area (Å²) in [5.41, 5.74) is 8.84. The average molecular weight is 531 g/mol. The standard InChI is InChI=1S/C31H42N6O2/c1-3-26-30(39)36(2)27-20-33-31(35-29(27)37(26)24-12-6-7-13-24)34-23-17-15-21(16-18-23)11-8-14-25(32)28(38)19-22-9-4-5-10-22/h8,11,15-18,20,22,24-26H,3-7,9-10,12-14,19,32H2,1-2H3,(H,33,34,35)/b11-8+/t25-,26+/m0/s1. The smallest absolute Gasteiger partial charge is 0.249 e. The zero-order chi connectivity index (χ0) is 27.4. The van der Waals surface area contributed by atoms with Gasteiger partial charge in [0.25, 0.3) is 0 Å². The molecule has 5 rings (SSSR count). The number of amides is 1. The number of fused-ring (bicyclic) bond motifs is 1. The highest BCUT2D eigenvalue weighted by Crippen LogP contribution is 2.40. The van der Waals surface area contributed by atoms with Gasteiger partial charge in [0.1, 0.15) is 17.5 Å². The van der Waals surface area contributed by atoms with E-state index in [0.29, 0.717) is 30.7 Å². The number of nitrogens with one attached hydrogen (secondary N) is 1. The van der Waals surface area contributed by atoms with E-state index in [9.17, 15) is 9.59 Å². The number of aromatic nitrogens is 2. The molecule has 2 saturated carbocycles. The Morgan fingerprint density at radius 1 is 1.13 bits per heavy atom. The molecule has 0 spiro atoms. The molecule has 2 fully saturated rings. The van der Waals surface area contributed by atoms with E-state index in [4.69, 9.17) is 10.7 Å². The van der Waals surface area contributed by atoms with Crippen LogP contribution in [-0.2, 0) is 9.59 Å². The van der Waals surface area contributed by atoms with E-state index in [2.05, 4.69) is 22.1 Å². The molecule has 1 aromatic carbocycles. The Balaban J connectivity index is 1.23. The van der Waals surface area contributed by atoms with Crippen LogP contribution in [0.1, 0.15) is 83.1 Å². The zero-order valence-corrected chi connectivity index (χ0v) is 23.3. The number of likely N-dealkylation sites (N-methyl/N-ethyl adjacent to an activating group) is 1. The van der Waals surface area contributed by atoms with Crippen LogP contribution in [0.25, 0.3) is 6.08 Å². The van der Waals surface area contributed by atoms with Crippen LogP contribution in [0.3, 0.4) is 0 Å². The number of hydrogen-bond donors (Lipinski definition) is 2. The quantitative estimate of drug-likeness (QED) is 0.412. The average Bonchev–Trinajstić information content (AvgIpc) is 3.66. The van der Waals surface area contributed by atoms with Gasteiger partial charge in [0.05, 0.1) is 12.2 Å². The number of ketones is 1. The normalized spacial score (nSPS) is 21.1. The second kappa shape index (κ2) is 12.3. The molecule has 2 aromatic rings. The van der Waals surface area contributed by atoms with Crippen LogP contribution in [0.2, 0.25) is 0 Å². The van der Waals surface area contributed by atoms with Gasteiger partial charge in [-0.2, -0.15) is 4.98 Å². The molecule has 8 heteroatoms. The van der Waals surface area contributed by atoms with Crippen LogP contribution in [-0.4, -0.2) is 46.8 Å². The van der Waals surface area contributed by atoms with Crippen LogP contribution >= 0.6 is 0 Å². The first-order chi connectivity index (χ1) is 18.9. The van der Waals surface area contributed by atoms with Gasteiger partial charge in [0.2, 0.25) is 11.9 Å². The lowest BCUT2D eigenvalue weighted by atomic mass is 9.96. The zero-order valence-electron chi connectivity index (χ0n) is 23.3. The van der Waals surface area contributed by atoms with Gasteiger partial charge in [0, 0.05) is 25.2 Å². The van der Waals surface area contributed by atoms with Gasteiger partial charge < -0.3 is 20.9 Å².